The fourth-order valence-corrected chi connectivity index (χ4v) is 0.731. The molecule has 0 aromatic heterocycles. The summed E-state index contributed by atoms with van der Waals surface area (Å²) in [5.74, 6) is -0.355. The minimum Gasteiger partial charge on any atom is -0.466 e. The van der Waals surface area contributed by atoms with Gasteiger partial charge < -0.3 is 9.84 Å². The van der Waals surface area contributed by atoms with E-state index in [0.717, 1.165) is 5.57 Å². The summed E-state index contributed by atoms with van der Waals surface area (Å²) < 4.78 is 4.68. The number of carbonyl (C=O) groups excluding carboxylic acids is 1. The molecule has 0 aliphatic carbocycles. The van der Waals surface area contributed by atoms with Crippen molar-refractivity contribution in [3.05, 3.63) is 11.6 Å². The Morgan fingerprint density at radius 1 is 1.67 bits per heavy atom. The molecule has 0 bridgehead atoms. The third-order valence-electron chi connectivity index (χ3n) is 1.65. The van der Waals surface area contributed by atoms with Crippen LogP contribution in [-0.2, 0) is 9.53 Å². The first-order valence-corrected chi connectivity index (χ1v) is 4.08. The highest BCUT2D eigenvalue weighted by Gasteiger charge is 2.11. The Balaban J connectivity index is 3.84. The van der Waals surface area contributed by atoms with E-state index in [1.807, 2.05) is 6.92 Å². The lowest BCUT2D eigenvalue weighted by Gasteiger charge is -2.09. The molecule has 0 aliphatic heterocycles. The summed E-state index contributed by atoms with van der Waals surface area (Å²) in [6.07, 6.45) is 1.13. The van der Waals surface area contributed by atoms with Gasteiger partial charge in [0.2, 0.25) is 0 Å². The number of carbonyl (C=O) groups is 1. The van der Waals surface area contributed by atoms with Crippen LogP contribution in [0.3, 0.4) is 0 Å². The van der Waals surface area contributed by atoms with Crippen molar-refractivity contribution in [2.45, 2.75) is 33.3 Å². The fraction of sp³-hybridized carbons (Fsp3) is 0.667. The third-order valence-corrected chi connectivity index (χ3v) is 1.65. The van der Waals surface area contributed by atoms with Gasteiger partial charge in [-0.1, -0.05) is 6.08 Å². The number of aliphatic hydroxyl groups excluding tert-OH is 1. The number of rotatable bonds is 4. The van der Waals surface area contributed by atoms with E-state index in [0.29, 0.717) is 6.61 Å². The lowest BCUT2D eigenvalue weighted by Crippen LogP contribution is -2.16. The lowest BCUT2D eigenvalue weighted by molar-refractivity contribution is -0.144. The molecule has 0 aromatic rings. The van der Waals surface area contributed by atoms with Crippen molar-refractivity contribution >= 4 is 5.97 Å². The zero-order valence-corrected chi connectivity index (χ0v) is 7.83. The first-order valence-electron chi connectivity index (χ1n) is 4.08. The van der Waals surface area contributed by atoms with E-state index < -0.39 is 6.10 Å². The van der Waals surface area contributed by atoms with Gasteiger partial charge in [0, 0.05) is 0 Å². The molecule has 1 unspecified atom stereocenters. The lowest BCUT2D eigenvalue weighted by atomic mass is 10.1. The molecule has 0 saturated carbocycles. The molecule has 3 heteroatoms. The van der Waals surface area contributed by atoms with Crippen LogP contribution in [0.5, 0.6) is 0 Å². The molecule has 1 N–H and O–H groups in total. The Kier molecular flexibility index (Phi) is 5.37. The summed E-state index contributed by atoms with van der Waals surface area (Å²) in [7, 11) is 0. The van der Waals surface area contributed by atoms with Gasteiger partial charge in [0.25, 0.3) is 0 Å². The van der Waals surface area contributed by atoms with Crippen LogP contribution < -0.4 is 0 Å². The van der Waals surface area contributed by atoms with Crippen LogP contribution in [0.15, 0.2) is 11.6 Å². The van der Waals surface area contributed by atoms with Crippen molar-refractivity contribution in [2.75, 3.05) is 6.61 Å². The maximum absolute atomic E-state index is 10.9. The van der Waals surface area contributed by atoms with Crippen molar-refractivity contribution in [1.82, 2.24) is 0 Å². The number of hydrogen-bond donors (Lipinski definition) is 1. The molecule has 0 spiro atoms. The zero-order valence-electron chi connectivity index (χ0n) is 7.83. The topological polar surface area (TPSA) is 46.5 Å². The summed E-state index contributed by atoms with van der Waals surface area (Å²) in [5.41, 5.74) is 0.794. The minimum atomic E-state index is -0.700. The van der Waals surface area contributed by atoms with Gasteiger partial charge >= 0.3 is 5.97 Å². The Labute approximate surface area is 73.0 Å². The average Bonchev–Trinajstić information content (AvgIpc) is 2.03. The Bertz CT molecular complexity index is 173. The number of hydrogen-bond acceptors (Lipinski definition) is 3. The van der Waals surface area contributed by atoms with Crippen LogP contribution in [0, 0.1) is 0 Å². The molecule has 0 heterocycles. The number of ether oxygens (including phenoxy) is 1. The van der Waals surface area contributed by atoms with E-state index in [4.69, 9.17) is 0 Å². The zero-order chi connectivity index (χ0) is 9.56. The van der Waals surface area contributed by atoms with E-state index in [1.54, 1.807) is 19.9 Å². The minimum absolute atomic E-state index is 0.0456. The van der Waals surface area contributed by atoms with E-state index in [-0.39, 0.29) is 12.4 Å². The SMILES string of the molecule is C/C=C(\C)C(O)CC(=O)OCC. The van der Waals surface area contributed by atoms with Gasteiger partial charge in [-0.15, -0.1) is 0 Å². The summed E-state index contributed by atoms with van der Waals surface area (Å²) >= 11 is 0. The third kappa shape index (κ3) is 4.13. The van der Waals surface area contributed by atoms with Crippen LogP contribution in [0.1, 0.15) is 27.2 Å². The van der Waals surface area contributed by atoms with E-state index >= 15 is 0 Å². The molecule has 0 rings (SSSR count). The molecule has 1 atom stereocenters. The molecule has 3 nitrogen and oxygen atoms in total. The van der Waals surface area contributed by atoms with Gasteiger partial charge in [-0.3, -0.25) is 4.79 Å². The first kappa shape index (κ1) is 11.2. The van der Waals surface area contributed by atoms with Gasteiger partial charge in [-0.25, -0.2) is 0 Å². The summed E-state index contributed by atoms with van der Waals surface area (Å²) in [6, 6.07) is 0. The standard InChI is InChI=1S/C9H16O3/c1-4-7(3)8(10)6-9(11)12-5-2/h4,8,10H,5-6H2,1-3H3/b7-4+. The van der Waals surface area contributed by atoms with Crippen LogP contribution >= 0.6 is 0 Å². The number of allylic oxidation sites excluding steroid dienone is 1. The average molecular weight is 172 g/mol. The van der Waals surface area contributed by atoms with Gasteiger partial charge in [0.05, 0.1) is 19.1 Å². The predicted molar refractivity (Wildman–Crippen MR) is 46.7 cm³/mol. The van der Waals surface area contributed by atoms with Gasteiger partial charge in [-0.2, -0.15) is 0 Å². The van der Waals surface area contributed by atoms with Crippen molar-refractivity contribution in [3.63, 3.8) is 0 Å². The highest BCUT2D eigenvalue weighted by atomic mass is 16.5. The highest BCUT2D eigenvalue weighted by Crippen LogP contribution is 2.05. The number of esters is 1. The predicted octanol–water partition coefficient (Wildman–Crippen LogP) is 1.27. The van der Waals surface area contributed by atoms with Crippen molar-refractivity contribution < 1.29 is 14.6 Å². The van der Waals surface area contributed by atoms with Gasteiger partial charge in [-0.05, 0) is 26.3 Å². The van der Waals surface area contributed by atoms with Gasteiger partial charge in [0.1, 0.15) is 0 Å². The molecule has 0 fully saturated rings. The summed E-state index contributed by atoms with van der Waals surface area (Å²) in [4.78, 5) is 10.9. The second-order valence-electron chi connectivity index (χ2n) is 2.56. The Morgan fingerprint density at radius 2 is 2.25 bits per heavy atom. The van der Waals surface area contributed by atoms with E-state index in [9.17, 15) is 9.90 Å². The molecule has 0 radical (unpaired) electrons. The summed E-state index contributed by atoms with van der Waals surface area (Å²) in [6.45, 7) is 5.71. The molecular formula is C9H16O3. The smallest absolute Gasteiger partial charge is 0.308 e. The first-order chi connectivity index (χ1) is 5.61. The van der Waals surface area contributed by atoms with Crippen molar-refractivity contribution in [1.29, 1.82) is 0 Å². The fourth-order valence-electron chi connectivity index (χ4n) is 0.731. The Morgan fingerprint density at radius 3 is 2.67 bits per heavy atom. The Hall–Kier alpha value is -0.830. The summed E-state index contributed by atoms with van der Waals surface area (Å²) in [5, 5.41) is 9.35. The van der Waals surface area contributed by atoms with Crippen LogP contribution in [0.2, 0.25) is 0 Å². The van der Waals surface area contributed by atoms with Crippen LogP contribution in [0.4, 0.5) is 0 Å². The normalized spacial score (nSPS) is 14.2. The molecule has 70 valence electrons. The maximum Gasteiger partial charge on any atom is 0.308 e. The second-order valence-corrected chi connectivity index (χ2v) is 2.56. The van der Waals surface area contributed by atoms with Crippen molar-refractivity contribution in [2.24, 2.45) is 0 Å². The number of aliphatic hydroxyl groups is 1. The van der Waals surface area contributed by atoms with Crippen molar-refractivity contribution in [3.8, 4) is 0 Å². The van der Waals surface area contributed by atoms with Gasteiger partial charge in [0.15, 0.2) is 0 Å². The maximum atomic E-state index is 10.9. The molecule has 0 saturated heterocycles. The van der Waals surface area contributed by atoms with E-state index in [1.165, 1.54) is 0 Å². The highest BCUT2D eigenvalue weighted by molar-refractivity contribution is 5.70. The largest absolute Gasteiger partial charge is 0.466 e. The quantitative estimate of drug-likeness (QED) is 0.513. The second kappa shape index (κ2) is 5.77. The van der Waals surface area contributed by atoms with Crippen LogP contribution in [0.25, 0.3) is 0 Å². The molecular weight excluding hydrogens is 156 g/mol. The molecule has 12 heavy (non-hydrogen) atoms. The van der Waals surface area contributed by atoms with E-state index in [2.05, 4.69) is 4.74 Å². The molecule has 0 aliphatic rings. The molecule has 0 amide bonds. The molecule has 0 aromatic carbocycles. The van der Waals surface area contributed by atoms with Crippen LogP contribution in [-0.4, -0.2) is 23.8 Å². The monoisotopic (exact) mass is 172 g/mol.